The number of hydrogen-bond donors (Lipinski definition) is 1. The smallest absolute Gasteiger partial charge is 0.380 e. The fraction of sp³-hybridized carbons (Fsp3) is 0.412. The quantitative estimate of drug-likeness (QED) is 0.766. The molecule has 2 rings (SSSR count). The molecule has 0 fully saturated rings. The molecule has 0 aliphatic carbocycles. The Hall–Kier alpha value is -2.35. The van der Waals surface area contributed by atoms with E-state index in [1.165, 1.54) is 12.1 Å². The molecule has 1 heterocycles. The van der Waals surface area contributed by atoms with Gasteiger partial charge in [-0.25, -0.2) is 0 Å². The number of ether oxygens (including phenoxy) is 1. The molecule has 1 aromatic carbocycles. The van der Waals surface area contributed by atoms with Gasteiger partial charge in [-0.15, -0.1) is 0 Å². The van der Waals surface area contributed by atoms with Crippen LogP contribution in [-0.2, 0) is 10.9 Å². The van der Waals surface area contributed by atoms with Crippen LogP contribution in [0.15, 0.2) is 28.8 Å². The summed E-state index contributed by atoms with van der Waals surface area (Å²) in [7, 11) is 0. The lowest BCUT2D eigenvalue weighted by atomic mass is 10.0. The Bertz CT molecular complexity index is 726. The molecule has 2 aromatic rings. The number of aromatic nitrogens is 1. The fourth-order valence-corrected chi connectivity index (χ4v) is 2.24. The second-order valence-corrected chi connectivity index (χ2v) is 5.42. The largest absolute Gasteiger partial charge is 0.416 e. The van der Waals surface area contributed by atoms with Crippen molar-refractivity contribution in [3.63, 3.8) is 0 Å². The van der Waals surface area contributed by atoms with Crippen LogP contribution in [-0.4, -0.2) is 30.8 Å². The lowest BCUT2D eigenvalue weighted by Crippen LogP contribution is -2.28. The molecule has 0 atom stereocenters. The summed E-state index contributed by atoms with van der Waals surface area (Å²) < 4.78 is 49.0. The summed E-state index contributed by atoms with van der Waals surface area (Å²) in [6.07, 6.45) is -3.61. The Labute approximate surface area is 143 Å². The second-order valence-electron chi connectivity index (χ2n) is 5.42. The number of halogens is 3. The standard InChI is InChI=1S/C17H19F3N2O3/c1-3-8-24-9-7-21-16(23)14-11(2)22-25-15(14)12-5-4-6-13(10-12)17(18,19)20/h4-6,10H,3,7-9H2,1-2H3,(H,21,23). The number of aryl methyl sites for hydroxylation is 1. The van der Waals surface area contributed by atoms with E-state index in [2.05, 4.69) is 10.5 Å². The van der Waals surface area contributed by atoms with Gasteiger partial charge in [-0.1, -0.05) is 24.2 Å². The van der Waals surface area contributed by atoms with Gasteiger partial charge in [0.05, 0.1) is 17.9 Å². The highest BCUT2D eigenvalue weighted by atomic mass is 19.4. The number of nitrogens with one attached hydrogen (secondary N) is 1. The Morgan fingerprint density at radius 1 is 1.32 bits per heavy atom. The van der Waals surface area contributed by atoms with Crippen LogP contribution in [0.4, 0.5) is 13.2 Å². The molecule has 5 nitrogen and oxygen atoms in total. The van der Waals surface area contributed by atoms with Gasteiger partial charge in [0.25, 0.3) is 5.91 Å². The predicted molar refractivity (Wildman–Crippen MR) is 85.1 cm³/mol. The molecule has 0 unspecified atom stereocenters. The van der Waals surface area contributed by atoms with Crippen molar-refractivity contribution >= 4 is 5.91 Å². The summed E-state index contributed by atoms with van der Waals surface area (Å²) >= 11 is 0. The first-order chi connectivity index (χ1) is 11.8. The molecule has 1 amide bonds. The number of amides is 1. The summed E-state index contributed by atoms with van der Waals surface area (Å²) in [4.78, 5) is 12.3. The molecule has 1 N–H and O–H groups in total. The summed E-state index contributed by atoms with van der Waals surface area (Å²) in [6, 6.07) is 4.59. The highest BCUT2D eigenvalue weighted by Crippen LogP contribution is 2.33. The molecule has 0 spiro atoms. The normalized spacial score (nSPS) is 11.6. The van der Waals surface area contributed by atoms with Gasteiger partial charge in [-0.3, -0.25) is 4.79 Å². The van der Waals surface area contributed by atoms with Crippen molar-refractivity contribution in [2.75, 3.05) is 19.8 Å². The maximum absolute atomic E-state index is 12.9. The Morgan fingerprint density at radius 2 is 2.08 bits per heavy atom. The number of carbonyl (C=O) groups excluding carboxylic acids is 1. The SMILES string of the molecule is CCCOCCNC(=O)c1c(C)noc1-c1cccc(C(F)(F)F)c1. The lowest BCUT2D eigenvalue weighted by molar-refractivity contribution is -0.137. The van der Waals surface area contributed by atoms with Gasteiger partial charge in [0.1, 0.15) is 5.56 Å². The van der Waals surface area contributed by atoms with Crippen molar-refractivity contribution in [1.82, 2.24) is 10.5 Å². The first kappa shape index (κ1) is 19.0. The molecule has 136 valence electrons. The van der Waals surface area contributed by atoms with E-state index in [1.54, 1.807) is 6.92 Å². The third kappa shape index (κ3) is 4.82. The van der Waals surface area contributed by atoms with Gasteiger partial charge < -0.3 is 14.6 Å². The van der Waals surface area contributed by atoms with Gasteiger partial charge in [-0.05, 0) is 25.5 Å². The zero-order valence-electron chi connectivity index (χ0n) is 13.9. The minimum atomic E-state index is -4.48. The molecule has 25 heavy (non-hydrogen) atoms. The van der Waals surface area contributed by atoms with Crippen LogP contribution >= 0.6 is 0 Å². The topological polar surface area (TPSA) is 64.4 Å². The second kappa shape index (κ2) is 8.15. The van der Waals surface area contributed by atoms with Crippen molar-refractivity contribution in [2.24, 2.45) is 0 Å². The summed E-state index contributed by atoms with van der Waals surface area (Å²) in [5.41, 5.74) is -0.254. The first-order valence-electron chi connectivity index (χ1n) is 7.84. The van der Waals surface area contributed by atoms with Crippen LogP contribution in [0.5, 0.6) is 0 Å². The third-order valence-electron chi connectivity index (χ3n) is 3.42. The van der Waals surface area contributed by atoms with E-state index >= 15 is 0 Å². The number of carbonyl (C=O) groups is 1. The molecule has 8 heteroatoms. The molecule has 0 aliphatic heterocycles. The third-order valence-corrected chi connectivity index (χ3v) is 3.42. The summed E-state index contributed by atoms with van der Waals surface area (Å²) in [6.45, 7) is 4.76. The number of hydrogen-bond acceptors (Lipinski definition) is 4. The van der Waals surface area contributed by atoms with Crippen molar-refractivity contribution in [2.45, 2.75) is 26.4 Å². The maximum Gasteiger partial charge on any atom is 0.416 e. The van der Waals surface area contributed by atoms with Crippen LogP contribution in [0, 0.1) is 6.92 Å². The van der Waals surface area contributed by atoms with Gasteiger partial charge in [0, 0.05) is 18.7 Å². The molecule has 0 aliphatic rings. The number of alkyl halides is 3. The van der Waals surface area contributed by atoms with Gasteiger partial charge in [0.2, 0.25) is 0 Å². The van der Waals surface area contributed by atoms with Crippen LogP contribution in [0.2, 0.25) is 0 Å². The van der Waals surface area contributed by atoms with E-state index in [4.69, 9.17) is 9.26 Å². The van der Waals surface area contributed by atoms with Gasteiger partial charge >= 0.3 is 6.18 Å². The summed E-state index contributed by atoms with van der Waals surface area (Å²) in [5.74, 6) is -0.457. The van der Waals surface area contributed by atoms with Crippen molar-refractivity contribution in [3.8, 4) is 11.3 Å². The Balaban J connectivity index is 2.20. The van der Waals surface area contributed by atoms with Crippen LogP contribution < -0.4 is 5.32 Å². The first-order valence-corrected chi connectivity index (χ1v) is 7.84. The lowest BCUT2D eigenvalue weighted by Gasteiger charge is -2.09. The zero-order valence-corrected chi connectivity index (χ0v) is 13.9. The van der Waals surface area contributed by atoms with E-state index in [0.29, 0.717) is 18.9 Å². The average Bonchev–Trinajstić information content (AvgIpc) is 2.95. The van der Waals surface area contributed by atoms with Crippen LogP contribution in [0.3, 0.4) is 0 Å². The number of benzene rings is 1. The van der Waals surface area contributed by atoms with Crippen molar-refractivity contribution < 1.29 is 27.2 Å². The molecule has 1 aromatic heterocycles. The van der Waals surface area contributed by atoms with Crippen LogP contribution in [0.1, 0.15) is 35.0 Å². The highest BCUT2D eigenvalue weighted by molar-refractivity contribution is 6.00. The van der Waals surface area contributed by atoms with Crippen molar-refractivity contribution in [3.05, 3.63) is 41.1 Å². The summed E-state index contributed by atoms with van der Waals surface area (Å²) in [5, 5.41) is 6.37. The highest BCUT2D eigenvalue weighted by Gasteiger charge is 2.31. The molecule has 0 bridgehead atoms. The molecule has 0 saturated heterocycles. The Morgan fingerprint density at radius 3 is 2.76 bits per heavy atom. The maximum atomic E-state index is 12.9. The van der Waals surface area contributed by atoms with E-state index in [-0.39, 0.29) is 23.4 Å². The Kier molecular flexibility index (Phi) is 6.19. The molecule has 0 saturated carbocycles. The monoisotopic (exact) mass is 356 g/mol. The minimum absolute atomic E-state index is 0.00979. The van der Waals surface area contributed by atoms with Crippen molar-refractivity contribution in [1.29, 1.82) is 0 Å². The number of rotatable bonds is 7. The fourth-order valence-electron chi connectivity index (χ4n) is 2.24. The molecule has 0 radical (unpaired) electrons. The van der Waals surface area contributed by atoms with Gasteiger partial charge in [-0.2, -0.15) is 13.2 Å². The zero-order chi connectivity index (χ0) is 18.4. The average molecular weight is 356 g/mol. The van der Waals surface area contributed by atoms with E-state index in [9.17, 15) is 18.0 Å². The predicted octanol–water partition coefficient (Wildman–Crippen LogP) is 3.83. The molecular formula is C17H19F3N2O3. The van der Waals surface area contributed by atoms with E-state index in [1.807, 2.05) is 6.92 Å². The van der Waals surface area contributed by atoms with Crippen LogP contribution in [0.25, 0.3) is 11.3 Å². The minimum Gasteiger partial charge on any atom is -0.380 e. The molecular weight excluding hydrogens is 337 g/mol. The number of nitrogens with zero attached hydrogens (tertiary/aromatic N) is 1. The van der Waals surface area contributed by atoms with E-state index in [0.717, 1.165) is 18.6 Å². The van der Waals surface area contributed by atoms with Gasteiger partial charge in [0.15, 0.2) is 5.76 Å². The van der Waals surface area contributed by atoms with E-state index < -0.39 is 17.6 Å².